The van der Waals surface area contributed by atoms with Crippen LogP contribution in [0.2, 0.25) is 0 Å². The molecule has 0 saturated carbocycles. The van der Waals surface area contributed by atoms with E-state index >= 15 is 0 Å². The molecule has 2 unspecified atom stereocenters. The minimum absolute atomic E-state index is 0. The number of halogens is 1. The van der Waals surface area contributed by atoms with Gasteiger partial charge in [-0.15, -0.1) is 17.0 Å². The van der Waals surface area contributed by atoms with E-state index in [1.54, 1.807) is 6.92 Å². The topological polar surface area (TPSA) is 37.3 Å². The molecule has 2 atom stereocenters. The highest BCUT2D eigenvalue weighted by Gasteiger charge is 2.19. The van der Waals surface area contributed by atoms with Crippen molar-refractivity contribution in [3.05, 3.63) is 0 Å². The second-order valence-electron chi connectivity index (χ2n) is 1.56. The fourth-order valence-electron chi connectivity index (χ4n) is 0.156. The predicted molar refractivity (Wildman–Crippen MR) is 39.9 cm³/mol. The van der Waals surface area contributed by atoms with E-state index in [9.17, 15) is 4.57 Å². The second-order valence-corrected chi connectivity index (χ2v) is 3.05. The summed E-state index contributed by atoms with van der Waals surface area (Å²) in [6.45, 7) is 3.66. The van der Waals surface area contributed by atoms with Gasteiger partial charge in [0.15, 0.2) is 5.66 Å². The Kier molecular flexibility index (Phi) is 8.05. The van der Waals surface area contributed by atoms with Crippen LogP contribution in [0.1, 0.15) is 20.3 Å². The summed E-state index contributed by atoms with van der Waals surface area (Å²) >= 11 is 0. The maximum Gasteiger partial charge on any atom is 0.508 e. The minimum Gasteiger partial charge on any atom is -0.161 e. The Morgan fingerprint density at radius 2 is 2.12 bits per heavy atom. The second kappa shape index (κ2) is 5.67. The Balaban J connectivity index is 0. The molecule has 0 aromatic carbocycles. The van der Waals surface area contributed by atoms with Crippen molar-refractivity contribution in [1.82, 2.24) is 0 Å². The van der Waals surface area contributed by atoms with Crippen molar-refractivity contribution in [1.29, 1.82) is 0 Å². The van der Waals surface area contributed by atoms with Crippen molar-refractivity contribution in [2.75, 3.05) is 0 Å². The maximum absolute atomic E-state index is 10.1. The van der Waals surface area contributed by atoms with Gasteiger partial charge in [-0.25, -0.2) is 0 Å². The van der Waals surface area contributed by atoms with Crippen molar-refractivity contribution in [2.24, 2.45) is 0 Å². The molecule has 4 heteroatoms. The van der Waals surface area contributed by atoms with Crippen LogP contribution in [0, 0.1) is 0 Å². The van der Waals surface area contributed by atoms with Crippen LogP contribution in [0.5, 0.6) is 0 Å². The highest BCUT2D eigenvalue weighted by molar-refractivity contribution is 8.93. The Hall–Kier alpha value is 0.540. The number of rotatable bonds is 2. The molecule has 0 aromatic rings. The summed E-state index contributed by atoms with van der Waals surface area (Å²) in [7, 11) is -1.91. The maximum atomic E-state index is 10.1. The first-order chi connectivity index (χ1) is 3.18. The van der Waals surface area contributed by atoms with Gasteiger partial charge in [-0.1, -0.05) is 6.92 Å². The van der Waals surface area contributed by atoms with Gasteiger partial charge in [-0.05, 0) is 17.9 Å². The standard InChI is InChI=1S/C4H9O2P.BrH/c1-3-4(2)7(5)6;/h4H,3H2,1-2H3;1H/p+1. The lowest BCUT2D eigenvalue weighted by molar-refractivity contribution is 0.490. The molecule has 0 rings (SSSR count). The summed E-state index contributed by atoms with van der Waals surface area (Å²) in [5, 5.41) is 0. The number of hydrogen-bond donors (Lipinski definition) is 1. The van der Waals surface area contributed by atoms with Gasteiger partial charge in [-0.3, -0.25) is 0 Å². The SMILES string of the molecule is Br.CCC(C)[P+](=O)O. The first kappa shape index (κ1) is 11.4. The molecule has 8 heavy (non-hydrogen) atoms. The Morgan fingerprint density at radius 3 is 2.12 bits per heavy atom. The van der Waals surface area contributed by atoms with E-state index in [0.717, 1.165) is 6.42 Å². The van der Waals surface area contributed by atoms with E-state index in [4.69, 9.17) is 4.89 Å². The summed E-state index contributed by atoms with van der Waals surface area (Å²) in [5.74, 6) is 0. The summed E-state index contributed by atoms with van der Waals surface area (Å²) in [5.41, 5.74) is -0.0324. The van der Waals surface area contributed by atoms with Crippen LogP contribution in [-0.2, 0) is 4.57 Å². The van der Waals surface area contributed by atoms with E-state index in [0.29, 0.717) is 0 Å². The molecule has 0 fully saturated rings. The van der Waals surface area contributed by atoms with Gasteiger partial charge in [0.25, 0.3) is 0 Å². The largest absolute Gasteiger partial charge is 0.508 e. The molecule has 0 spiro atoms. The summed E-state index contributed by atoms with van der Waals surface area (Å²) in [6, 6.07) is 0. The molecule has 0 bridgehead atoms. The zero-order chi connectivity index (χ0) is 5.86. The summed E-state index contributed by atoms with van der Waals surface area (Å²) in [6.07, 6.45) is 0.783. The van der Waals surface area contributed by atoms with Crippen LogP contribution in [0.4, 0.5) is 0 Å². The van der Waals surface area contributed by atoms with E-state index in [2.05, 4.69) is 0 Å². The van der Waals surface area contributed by atoms with Crippen LogP contribution < -0.4 is 0 Å². The molecule has 0 aromatic heterocycles. The molecule has 1 N–H and O–H groups in total. The normalized spacial score (nSPS) is 14.1. The Bertz CT molecular complexity index is 76.4. The molecule has 0 aliphatic rings. The van der Waals surface area contributed by atoms with E-state index in [-0.39, 0.29) is 22.6 Å². The molecule has 2 nitrogen and oxygen atoms in total. The average molecular weight is 202 g/mol. The van der Waals surface area contributed by atoms with Crippen molar-refractivity contribution < 1.29 is 9.46 Å². The molecule has 0 aliphatic carbocycles. The third-order valence-corrected chi connectivity index (χ3v) is 2.09. The van der Waals surface area contributed by atoms with Crippen molar-refractivity contribution in [3.8, 4) is 0 Å². The van der Waals surface area contributed by atoms with E-state index < -0.39 is 8.03 Å². The van der Waals surface area contributed by atoms with Crippen molar-refractivity contribution in [2.45, 2.75) is 25.9 Å². The molecule has 50 valence electrons. The third kappa shape index (κ3) is 4.69. The highest BCUT2D eigenvalue weighted by atomic mass is 79.9. The van der Waals surface area contributed by atoms with Crippen molar-refractivity contribution in [3.63, 3.8) is 0 Å². The number of hydrogen-bond acceptors (Lipinski definition) is 1. The zero-order valence-electron chi connectivity index (χ0n) is 5.00. The van der Waals surface area contributed by atoms with Crippen LogP contribution in [0.15, 0.2) is 0 Å². The molecule has 0 heterocycles. The van der Waals surface area contributed by atoms with E-state index in [1.807, 2.05) is 6.92 Å². The first-order valence-corrected chi connectivity index (χ1v) is 3.62. The van der Waals surface area contributed by atoms with Gasteiger partial charge in [0.2, 0.25) is 0 Å². The van der Waals surface area contributed by atoms with Gasteiger partial charge in [0.1, 0.15) is 0 Å². The lowest BCUT2D eigenvalue weighted by atomic mass is 10.4. The molecule has 0 amide bonds. The first-order valence-electron chi connectivity index (χ1n) is 2.33. The molecule has 0 radical (unpaired) electrons. The smallest absolute Gasteiger partial charge is 0.161 e. The quantitative estimate of drug-likeness (QED) is 0.696. The van der Waals surface area contributed by atoms with Gasteiger partial charge in [0, 0.05) is 0 Å². The fraction of sp³-hybridized carbons (Fsp3) is 1.00. The minimum atomic E-state index is -1.91. The highest BCUT2D eigenvalue weighted by Crippen LogP contribution is 2.23. The van der Waals surface area contributed by atoms with E-state index in [1.165, 1.54) is 0 Å². The molecule has 0 aliphatic heterocycles. The third-order valence-electron chi connectivity index (χ3n) is 0.968. The molecular weight excluding hydrogens is 191 g/mol. The monoisotopic (exact) mass is 201 g/mol. The summed E-state index contributed by atoms with van der Waals surface area (Å²) < 4.78 is 10.1. The Morgan fingerprint density at radius 1 is 1.75 bits per heavy atom. The lowest BCUT2D eigenvalue weighted by Crippen LogP contribution is -1.89. The molecular formula is C4H11BrO2P+. The zero-order valence-corrected chi connectivity index (χ0v) is 7.60. The van der Waals surface area contributed by atoms with Crippen LogP contribution in [0.25, 0.3) is 0 Å². The van der Waals surface area contributed by atoms with Crippen LogP contribution in [-0.4, -0.2) is 10.6 Å². The van der Waals surface area contributed by atoms with Gasteiger partial charge < -0.3 is 0 Å². The molecule has 0 saturated heterocycles. The van der Waals surface area contributed by atoms with Crippen molar-refractivity contribution >= 4 is 25.0 Å². The van der Waals surface area contributed by atoms with Gasteiger partial charge in [0.05, 0.1) is 0 Å². The predicted octanol–water partition coefficient (Wildman–Crippen LogP) is 2.10. The van der Waals surface area contributed by atoms with Gasteiger partial charge >= 0.3 is 8.03 Å². The fourth-order valence-corrected chi connectivity index (χ4v) is 0.469. The van der Waals surface area contributed by atoms with Gasteiger partial charge in [-0.2, -0.15) is 4.89 Å². The summed E-state index contributed by atoms with van der Waals surface area (Å²) in [4.78, 5) is 8.33. The van der Waals surface area contributed by atoms with Crippen LogP contribution >= 0.6 is 25.0 Å². The lowest BCUT2D eigenvalue weighted by Gasteiger charge is -1.83. The van der Waals surface area contributed by atoms with Crippen LogP contribution in [0.3, 0.4) is 0 Å². The average Bonchev–Trinajstić information content (AvgIpc) is 1.65. The Labute approximate surface area is 60.9 Å².